The first-order valence-corrected chi connectivity index (χ1v) is 12.0. The van der Waals surface area contributed by atoms with Gasteiger partial charge in [-0.1, -0.05) is 46.4 Å². The Hall–Kier alpha value is -1.34. The summed E-state index contributed by atoms with van der Waals surface area (Å²) in [6.45, 7) is 11.5. The maximum absolute atomic E-state index is 13.1. The maximum Gasteiger partial charge on any atom is 0.263 e. The van der Waals surface area contributed by atoms with Gasteiger partial charge in [-0.05, 0) is 48.5 Å². The molecule has 5 nitrogen and oxygen atoms in total. The highest BCUT2D eigenvalue weighted by Gasteiger charge is 2.32. The van der Waals surface area contributed by atoms with E-state index in [1.807, 2.05) is 7.05 Å². The highest BCUT2D eigenvalue weighted by atomic mass is 32.2. The molecule has 0 N–H and O–H groups in total. The first kappa shape index (κ1) is 20.0. The number of nitrogens with zero attached hydrogens (tertiary/aromatic N) is 4. The minimum atomic E-state index is 0.0698. The monoisotopic (exact) mass is 418 g/mol. The standard InChI is InChI=1S/C21H30N4OS2/c1-12(2)9-10-27-20-23-22-19-24(6)17(26)16-14-8-7-13(21(3,4)5)11-15(14)28-18(16)25(19)20/h12-13H,7-11H2,1-6H3. The summed E-state index contributed by atoms with van der Waals surface area (Å²) in [5, 5.41) is 10.6. The molecule has 3 aromatic heterocycles. The fourth-order valence-electron chi connectivity index (χ4n) is 4.08. The number of thiophene rings is 1. The highest BCUT2D eigenvalue weighted by molar-refractivity contribution is 7.99. The van der Waals surface area contributed by atoms with Crippen molar-refractivity contribution >= 4 is 39.1 Å². The molecule has 0 aromatic carbocycles. The summed E-state index contributed by atoms with van der Waals surface area (Å²) < 4.78 is 3.79. The number of rotatable bonds is 4. The summed E-state index contributed by atoms with van der Waals surface area (Å²) in [4.78, 5) is 15.6. The summed E-state index contributed by atoms with van der Waals surface area (Å²) >= 11 is 3.53. The lowest BCUT2D eigenvalue weighted by Crippen LogP contribution is -2.27. The molecular formula is C21H30N4OS2. The van der Waals surface area contributed by atoms with Gasteiger partial charge in [0.1, 0.15) is 4.83 Å². The zero-order chi connectivity index (χ0) is 20.2. The van der Waals surface area contributed by atoms with Crippen molar-refractivity contribution in [1.82, 2.24) is 19.2 Å². The smallest absolute Gasteiger partial charge is 0.263 e. The van der Waals surface area contributed by atoms with Crippen LogP contribution in [0.25, 0.3) is 16.0 Å². The van der Waals surface area contributed by atoms with Crippen LogP contribution in [-0.2, 0) is 19.9 Å². The number of aromatic nitrogens is 4. The number of fused-ring (bicyclic) bond motifs is 5. The molecule has 1 atom stereocenters. The van der Waals surface area contributed by atoms with Crippen molar-refractivity contribution in [3.8, 4) is 0 Å². The molecule has 0 saturated heterocycles. The highest BCUT2D eigenvalue weighted by Crippen LogP contribution is 2.43. The van der Waals surface area contributed by atoms with E-state index >= 15 is 0 Å². The summed E-state index contributed by atoms with van der Waals surface area (Å²) in [5.41, 5.74) is 1.64. The maximum atomic E-state index is 13.1. The van der Waals surface area contributed by atoms with E-state index < -0.39 is 0 Å². The molecule has 4 rings (SSSR count). The first-order valence-electron chi connectivity index (χ1n) is 10.2. The van der Waals surface area contributed by atoms with E-state index in [0.717, 1.165) is 46.8 Å². The third kappa shape index (κ3) is 3.30. The molecule has 0 fully saturated rings. The van der Waals surface area contributed by atoms with Crippen LogP contribution in [0, 0.1) is 17.3 Å². The molecule has 1 aliphatic carbocycles. The number of aryl methyl sites for hydroxylation is 2. The molecule has 1 aliphatic rings. The van der Waals surface area contributed by atoms with Crippen LogP contribution in [0.3, 0.4) is 0 Å². The molecule has 3 aromatic rings. The molecule has 0 spiro atoms. The minimum absolute atomic E-state index is 0.0698. The van der Waals surface area contributed by atoms with Crippen LogP contribution in [0.4, 0.5) is 0 Å². The van der Waals surface area contributed by atoms with Crippen molar-refractivity contribution < 1.29 is 0 Å². The second-order valence-corrected chi connectivity index (χ2v) is 11.6. The Balaban J connectivity index is 1.86. The van der Waals surface area contributed by atoms with Crippen molar-refractivity contribution in [2.24, 2.45) is 24.3 Å². The van der Waals surface area contributed by atoms with Gasteiger partial charge < -0.3 is 0 Å². The zero-order valence-electron chi connectivity index (χ0n) is 17.7. The number of thioether (sulfide) groups is 1. The molecule has 0 bridgehead atoms. The molecule has 152 valence electrons. The van der Waals surface area contributed by atoms with Crippen LogP contribution < -0.4 is 5.56 Å². The van der Waals surface area contributed by atoms with Crippen molar-refractivity contribution in [1.29, 1.82) is 0 Å². The fourth-order valence-corrected chi connectivity index (χ4v) is 6.73. The van der Waals surface area contributed by atoms with E-state index in [1.165, 1.54) is 10.4 Å². The predicted octanol–water partition coefficient (Wildman–Crippen LogP) is 4.93. The summed E-state index contributed by atoms with van der Waals surface area (Å²) in [6.07, 6.45) is 4.36. The Labute approximate surface area is 174 Å². The Morgan fingerprint density at radius 2 is 2.04 bits per heavy atom. The van der Waals surface area contributed by atoms with Crippen LogP contribution in [0.5, 0.6) is 0 Å². The minimum Gasteiger partial charge on any atom is -0.279 e. The van der Waals surface area contributed by atoms with E-state index in [2.05, 4.69) is 49.2 Å². The average molecular weight is 419 g/mol. The van der Waals surface area contributed by atoms with Gasteiger partial charge in [0.2, 0.25) is 5.78 Å². The van der Waals surface area contributed by atoms with Gasteiger partial charge in [0.05, 0.1) is 5.39 Å². The SMILES string of the molecule is CC(C)CCSc1nnc2n(C)c(=O)c3c4c(sc3n12)CC(C(C)(C)C)CC4. The molecule has 0 amide bonds. The van der Waals surface area contributed by atoms with Gasteiger partial charge in [-0.3, -0.25) is 9.36 Å². The molecular weight excluding hydrogens is 388 g/mol. The van der Waals surface area contributed by atoms with Crippen molar-refractivity contribution in [2.45, 2.75) is 65.5 Å². The lowest BCUT2D eigenvalue weighted by Gasteiger charge is -2.33. The second-order valence-electron chi connectivity index (χ2n) is 9.50. The van der Waals surface area contributed by atoms with Crippen LogP contribution in [-0.4, -0.2) is 24.9 Å². The molecule has 7 heteroatoms. The lowest BCUT2D eigenvalue weighted by molar-refractivity contribution is 0.218. The fraction of sp³-hybridized carbons (Fsp3) is 0.667. The zero-order valence-corrected chi connectivity index (χ0v) is 19.3. The molecule has 0 radical (unpaired) electrons. The van der Waals surface area contributed by atoms with Gasteiger partial charge in [0.25, 0.3) is 5.56 Å². The summed E-state index contributed by atoms with van der Waals surface area (Å²) in [7, 11) is 1.82. The normalized spacial score (nSPS) is 17.8. The molecule has 1 unspecified atom stereocenters. The predicted molar refractivity (Wildman–Crippen MR) is 119 cm³/mol. The van der Waals surface area contributed by atoms with E-state index in [9.17, 15) is 4.79 Å². The molecule has 3 heterocycles. The molecule has 0 saturated carbocycles. The van der Waals surface area contributed by atoms with Gasteiger partial charge in [0, 0.05) is 17.7 Å². The topological polar surface area (TPSA) is 52.2 Å². The largest absolute Gasteiger partial charge is 0.279 e. The Morgan fingerprint density at radius 3 is 2.71 bits per heavy atom. The van der Waals surface area contributed by atoms with Crippen LogP contribution >= 0.6 is 23.1 Å². The van der Waals surface area contributed by atoms with Crippen LogP contribution in [0.1, 0.15) is 57.9 Å². The molecule has 28 heavy (non-hydrogen) atoms. The van der Waals surface area contributed by atoms with Crippen LogP contribution in [0.2, 0.25) is 0 Å². The van der Waals surface area contributed by atoms with Crippen molar-refractivity contribution in [2.75, 3.05) is 5.75 Å². The van der Waals surface area contributed by atoms with Gasteiger partial charge in [-0.2, -0.15) is 0 Å². The summed E-state index contributed by atoms with van der Waals surface area (Å²) in [5.74, 6) is 2.99. The molecule has 0 aliphatic heterocycles. The number of hydrogen-bond acceptors (Lipinski definition) is 5. The van der Waals surface area contributed by atoms with Crippen molar-refractivity contribution in [3.63, 3.8) is 0 Å². The quantitative estimate of drug-likeness (QED) is 0.564. The van der Waals surface area contributed by atoms with Gasteiger partial charge in [-0.15, -0.1) is 21.5 Å². The van der Waals surface area contributed by atoms with E-state index in [1.54, 1.807) is 27.7 Å². The second kappa shape index (κ2) is 7.17. The average Bonchev–Trinajstić information content (AvgIpc) is 3.19. The van der Waals surface area contributed by atoms with Gasteiger partial charge in [-0.25, -0.2) is 4.40 Å². The third-order valence-electron chi connectivity index (χ3n) is 6.04. The van der Waals surface area contributed by atoms with Crippen LogP contribution in [0.15, 0.2) is 9.95 Å². The number of hydrogen-bond donors (Lipinski definition) is 0. The van der Waals surface area contributed by atoms with Crippen molar-refractivity contribution in [3.05, 3.63) is 20.8 Å². The Morgan fingerprint density at radius 1 is 1.29 bits per heavy atom. The van der Waals surface area contributed by atoms with E-state index in [4.69, 9.17) is 0 Å². The van der Waals surface area contributed by atoms with Gasteiger partial charge in [0.15, 0.2) is 5.16 Å². The summed E-state index contributed by atoms with van der Waals surface area (Å²) in [6, 6.07) is 0. The van der Waals surface area contributed by atoms with E-state index in [-0.39, 0.29) is 5.56 Å². The Kier molecular flexibility index (Phi) is 5.11. The third-order valence-corrected chi connectivity index (χ3v) is 8.24. The Bertz CT molecular complexity index is 1080. The van der Waals surface area contributed by atoms with E-state index in [0.29, 0.717) is 23.0 Å². The first-order chi connectivity index (χ1) is 13.2. The lowest BCUT2D eigenvalue weighted by atomic mass is 9.72. The van der Waals surface area contributed by atoms with Gasteiger partial charge >= 0.3 is 0 Å².